The maximum absolute atomic E-state index is 11.4. The summed E-state index contributed by atoms with van der Waals surface area (Å²) in [5, 5.41) is 15.2. The van der Waals surface area contributed by atoms with Crippen molar-refractivity contribution in [3.63, 3.8) is 0 Å². The Morgan fingerprint density at radius 2 is 1.77 bits per heavy atom. The summed E-state index contributed by atoms with van der Waals surface area (Å²) in [4.78, 5) is 11.4. The average molecular weight is 639 g/mol. The van der Waals surface area contributed by atoms with Crippen molar-refractivity contribution in [1.82, 2.24) is 5.16 Å². The summed E-state index contributed by atoms with van der Waals surface area (Å²) in [5.41, 5.74) is 5.79. The second-order valence-corrected chi connectivity index (χ2v) is 12.4. The lowest BCUT2D eigenvalue weighted by molar-refractivity contribution is -0.0283. The molecular weight excluding hydrogens is 609 g/mol. The molecule has 1 aliphatic carbocycles. The molecule has 1 fully saturated rings. The number of hydrogen-bond donors (Lipinski definition) is 1. The van der Waals surface area contributed by atoms with Crippen molar-refractivity contribution in [2.24, 2.45) is 0 Å². The SMILES string of the molecule is CCC1=C(c2ccc(C(=O)O)cc2)CC(C)(c2ccc(OCc3c(-c4c(Cl)cccc4Cl)noc3C3CC3)cc2Cl)OC1. The van der Waals surface area contributed by atoms with Crippen molar-refractivity contribution in [2.45, 2.75) is 57.7 Å². The molecule has 2 heterocycles. The molecule has 0 bridgehead atoms. The van der Waals surface area contributed by atoms with Gasteiger partial charge in [-0.15, -0.1) is 0 Å². The monoisotopic (exact) mass is 637 g/mol. The number of carboxylic acids is 1. The van der Waals surface area contributed by atoms with Crippen molar-refractivity contribution < 1.29 is 23.9 Å². The highest BCUT2D eigenvalue weighted by atomic mass is 35.5. The fourth-order valence-electron chi connectivity index (χ4n) is 5.67. The highest BCUT2D eigenvalue weighted by molar-refractivity contribution is 6.39. The zero-order valence-corrected chi connectivity index (χ0v) is 26.0. The molecule has 0 amide bonds. The fraction of sp³-hybridized carbons (Fsp3) is 0.294. The van der Waals surface area contributed by atoms with Crippen LogP contribution in [0.4, 0.5) is 0 Å². The topological polar surface area (TPSA) is 81.8 Å². The number of aromatic nitrogens is 1. The van der Waals surface area contributed by atoms with E-state index in [1.54, 1.807) is 36.4 Å². The molecule has 1 atom stereocenters. The zero-order valence-electron chi connectivity index (χ0n) is 23.8. The van der Waals surface area contributed by atoms with E-state index in [0.717, 1.165) is 47.3 Å². The number of benzene rings is 3. The third-order valence-corrected chi connectivity index (χ3v) is 9.22. The largest absolute Gasteiger partial charge is 0.489 e. The molecule has 0 saturated heterocycles. The van der Waals surface area contributed by atoms with E-state index in [2.05, 4.69) is 12.1 Å². The van der Waals surface area contributed by atoms with Crippen LogP contribution in [0.2, 0.25) is 15.1 Å². The maximum Gasteiger partial charge on any atom is 0.335 e. The summed E-state index contributed by atoms with van der Waals surface area (Å²) in [6.07, 6.45) is 3.50. The predicted molar refractivity (Wildman–Crippen MR) is 168 cm³/mol. The maximum atomic E-state index is 11.4. The Labute approximate surface area is 265 Å². The standard InChI is InChI=1S/C34H30Cl3NO5/c1-3-19-17-42-34(2,16-24(19)20-7-11-22(12-8-20)33(39)40)26-14-13-23(15-29(26)37)41-18-25-31(38-43-32(25)21-9-10-21)30-27(35)5-4-6-28(30)36/h4-8,11-15,21H,3,9-10,16-18H2,1-2H3,(H,39,40). The number of hydrogen-bond acceptors (Lipinski definition) is 5. The Bertz CT molecular complexity index is 1700. The molecule has 4 aromatic rings. The van der Waals surface area contributed by atoms with Crippen LogP contribution in [0.1, 0.15) is 78.3 Å². The second-order valence-electron chi connectivity index (χ2n) is 11.2. The summed E-state index contributed by atoms with van der Waals surface area (Å²) in [6, 6.07) is 18.0. The molecule has 1 unspecified atom stereocenters. The highest BCUT2D eigenvalue weighted by Gasteiger charge is 2.36. The number of carbonyl (C=O) groups is 1. The molecule has 222 valence electrons. The number of halogens is 3. The normalized spacial score (nSPS) is 18.6. The van der Waals surface area contributed by atoms with Gasteiger partial charge in [-0.05, 0) is 79.3 Å². The van der Waals surface area contributed by atoms with Crippen molar-refractivity contribution in [1.29, 1.82) is 0 Å². The van der Waals surface area contributed by atoms with Gasteiger partial charge in [0.15, 0.2) is 0 Å². The summed E-state index contributed by atoms with van der Waals surface area (Å²) in [7, 11) is 0. The minimum absolute atomic E-state index is 0.217. The first kappa shape index (κ1) is 29.8. The average Bonchev–Trinajstić information content (AvgIpc) is 3.76. The summed E-state index contributed by atoms with van der Waals surface area (Å²) in [6.45, 7) is 4.81. The van der Waals surface area contributed by atoms with Gasteiger partial charge < -0.3 is 19.1 Å². The van der Waals surface area contributed by atoms with Gasteiger partial charge >= 0.3 is 5.97 Å². The third-order valence-electron chi connectivity index (χ3n) is 8.27. The van der Waals surface area contributed by atoms with Crippen LogP contribution in [-0.2, 0) is 16.9 Å². The molecule has 3 aromatic carbocycles. The van der Waals surface area contributed by atoms with E-state index >= 15 is 0 Å². The lowest BCUT2D eigenvalue weighted by atomic mass is 9.81. The van der Waals surface area contributed by atoms with Crippen LogP contribution in [0.3, 0.4) is 0 Å². The van der Waals surface area contributed by atoms with E-state index in [0.29, 0.717) is 51.0 Å². The van der Waals surface area contributed by atoms with Gasteiger partial charge in [0.05, 0.1) is 38.4 Å². The van der Waals surface area contributed by atoms with Crippen LogP contribution < -0.4 is 4.74 Å². The molecule has 2 aliphatic rings. The number of nitrogens with zero attached hydrogens (tertiary/aromatic N) is 1. The van der Waals surface area contributed by atoms with Gasteiger partial charge in [-0.1, -0.05) is 71.1 Å². The number of aromatic carboxylic acids is 1. The lowest BCUT2D eigenvalue weighted by Gasteiger charge is -2.38. The molecule has 1 aliphatic heterocycles. The van der Waals surface area contributed by atoms with Crippen LogP contribution in [0, 0.1) is 0 Å². The first-order valence-corrected chi connectivity index (χ1v) is 15.4. The van der Waals surface area contributed by atoms with Crippen LogP contribution >= 0.6 is 34.8 Å². The van der Waals surface area contributed by atoms with Crippen molar-refractivity contribution in [3.05, 3.63) is 109 Å². The number of rotatable bonds is 9. The number of ether oxygens (including phenoxy) is 2. The van der Waals surface area contributed by atoms with Crippen LogP contribution in [0.15, 0.2) is 70.8 Å². The quantitative estimate of drug-likeness (QED) is 0.196. The third kappa shape index (κ3) is 5.94. The van der Waals surface area contributed by atoms with Gasteiger partial charge in [-0.2, -0.15) is 0 Å². The predicted octanol–water partition coefficient (Wildman–Crippen LogP) is 9.96. The van der Waals surface area contributed by atoms with Gasteiger partial charge in [0, 0.05) is 23.5 Å². The molecule has 9 heteroatoms. The van der Waals surface area contributed by atoms with Crippen molar-refractivity contribution >= 4 is 46.3 Å². The van der Waals surface area contributed by atoms with E-state index in [1.807, 2.05) is 31.2 Å². The highest BCUT2D eigenvalue weighted by Crippen LogP contribution is 2.47. The summed E-state index contributed by atoms with van der Waals surface area (Å²) in [5.74, 6) is 0.769. The summed E-state index contributed by atoms with van der Waals surface area (Å²) < 4.78 is 18.4. The van der Waals surface area contributed by atoms with Gasteiger partial charge in [0.2, 0.25) is 0 Å². The van der Waals surface area contributed by atoms with Gasteiger partial charge in [-0.3, -0.25) is 0 Å². The first-order valence-electron chi connectivity index (χ1n) is 14.2. The van der Waals surface area contributed by atoms with E-state index in [1.165, 1.54) is 5.57 Å². The van der Waals surface area contributed by atoms with E-state index in [-0.39, 0.29) is 12.2 Å². The van der Waals surface area contributed by atoms with Crippen LogP contribution in [-0.4, -0.2) is 22.8 Å². The molecule has 0 radical (unpaired) electrons. The van der Waals surface area contributed by atoms with Crippen LogP contribution in [0.5, 0.6) is 5.75 Å². The van der Waals surface area contributed by atoms with E-state index in [9.17, 15) is 9.90 Å². The summed E-state index contributed by atoms with van der Waals surface area (Å²) >= 11 is 19.9. The van der Waals surface area contributed by atoms with Crippen molar-refractivity contribution in [3.8, 4) is 17.0 Å². The van der Waals surface area contributed by atoms with Gasteiger partial charge in [0.25, 0.3) is 0 Å². The molecule has 6 rings (SSSR count). The molecule has 1 saturated carbocycles. The fourth-order valence-corrected chi connectivity index (χ4v) is 6.62. The Kier molecular flexibility index (Phi) is 8.31. The van der Waals surface area contributed by atoms with Gasteiger partial charge in [-0.25, -0.2) is 4.79 Å². The molecule has 1 aromatic heterocycles. The lowest BCUT2D eigenvalue weighted by Crippen LogP contribution is -2.32. The van der Waals surface area contributed by atoms with Crippen molar-refractivity contribution in [2.75, 3.05) is 6.61 Å². The first-order chi connectivity index (χ1) is 20.7. The molecule has 43 heavy (non-hydrogen) atoms. The molecular formula is C34H30Cl3NO5. The molecule has 6 nitrogen and oxygen atoms in total. The molecule has 0 spiro atoms. The van der Waals surface area contributed by atoms with Crippen LogP contribution in [0.25, 0.3) is 16.8 Å². The zero-order chi connectivity index (χ0) is 30.3. The Hall–Kier alpha value is -3.29. The van der Waals surface area contributed by atoms with E-state index < -0.39 is 11.6 Å². The van der Waals surface area contributed by atoms with E-state index in [4.69, 9.17) is 48.8 Å². The Morgan fingerprint density at radius 3 is 2.40 bits per heavy atom. The molecule has 1 N–H and O–H groups in total. The Morgan fingerprint density at radius 1 is 1.05 bits per heavy atom. The minimum atomic E-state index is -0.946. The smallest absolute Gasteiger partial charge is 0.335 e. The van der Waals surface area contributed by atoms with Gasteiger partial charge in [0.1, 0.15) is 23.8 Å². The second kappa shape index (κ2) is 12.0. The number of carboxylic acid groups (broad SMARTS) is 1. The Balaban J connectivity index is 1.25. The minimum Gasteiger partial charge on any atom is -0.489 e.